The monoisotopic (exact) mass is 666 g/mol. The van der Waals surface area contributed by atoms with Gasteiger partial charge in [-0.1, -0.05) is 47.6 Å². The van der Waals surface area contributed by atoms with E-state index in [0.29, 0.717) is 62.0 Å². The van der Waals surface area contributed by atoms with Gasteiger partial charge < -0.3 is 41.0 Å². The number of nitrogens with two attached hydrogens (primary N) is 2. The molecule has 0 saturated heterocycles. The molecule has 0 radical (unpaired) electrons. The molecule has 0 saturated carbocycles. The lowest BCUT2D eigenvalue weighted by Crippen LogP contribution is -2.41. The molecule has 0 aliphatic rings. The molecule has 0 aliphatic carbocycles. The minimum Gasteiger partial charge on any atom is -0.493 e. The normalized spacial score (nSPS) is 14.2. The third-order valence-corrected chi connectivity index (χ3v) is 8.23. The highest BCUT2D eigenvalue weighted by atomic mass is 16.5. The van der Waals surface area contributed by atoms with Crippen LogP contribution in [0, 0.1) is 29.1 Å². The summed E-state index contributed by atoms with van der Waals surface area (Å²) in [7, 11) is 3.30. The number of aliphatic hydroxyl groups excluding tert-OH is 1. The van der Waals surface area contributed by atoms with Crippen molar-refractivity contribution < 1.29 is 48.7 Å². The molecule has 4 atom stereocenters. The number of amides is 1. The van der Waals surface area contributed by atoms with Crippen LogP contribution >= 0.6 is 0 Å². The molecule has 268 valence electrons. The average Bonchev–Trinajstić information content (AvgIpc) is 2.99. The van der Waals surface area contributed by atoms with Crippen molar-refractivity contribution in [3.63, 3.8) is 0 Å². The highest BCUT2D eigenvalue weighted by Gasteiger charge is 2.32. The molecule has 1 rings (SSSR count). The van der Waals surface area contributed by atoms with E-state index >= 15 is 0 Å². The number of ether oxygens (including phenoxy) is 3. The molecule has 0 spiro atoms. The van der Waals surface area contributed by atoms with Gasteiger partial charge in [0.2, 0.25) is 5.91 Å². The number of ketones is 1. The Labute approximate surface area is 279 Å². The summed E-state index contributed by atoms with van der Waals surface area (Å²) in [5.41, 5.74) is 12.4. The van der Waals surface area contributed by atoms with Gasteiger partial charge in [0.25, 0.3) is 0 Å². The fraction of sp³-hybridized carbons (Fsp3) is 0.657. The lowest BCUT2D eigenvalue weighted by atomic mass is 9.78. The molecule has 12 heteroatoms. The quantitative estimate of drug-likeness (QED) is 0.0873. The van der Waals surface area contributed by atoms with Crippen LogP contribution in [-0.2, 0) is 30.3 Å². The van der Waals surface area contributed by atoms with E-state index in [1.807, 2.05) is 32.0 Å². The van der Waals surface area contributed by atoms with Crippen LogP contribution in [-0.4, -0.2) is 78.5 Å². The van der Waals surface area contributed by atoms with Crippen LogP contribution in [0.3, 0.4) is 0 Å². The van der Waals surface area contributed by atoms with E-state index in [4.69, 9.17) is 35.9 Å². The zero-order valence-corrected chi connectivity index (χ0v) is 29.4. The fourth-order valence-corrected chi connectivity index (χ4v) is 4.84. The molecule has 1 aromatic carbocycles. The van der Waals surface area contributed by atoms with Crippen LogP contribution < -0.4 is 20.9 Å². The zero-order valence-electron chi connectivity index (χ0n) is 29.4. The Morgan fingerprint density at radius 3 is 1.98 bits per heavy atom. The Bertz CT molecular complexity index is 1130. The van der Waals surface area contributed by atoms with E-state index in [2.05, 4.69) is 13.8 Å². The number of Topliss-reactive ketones (excluding diaryl/α,β-unsaturated/α-hetero) is 1. The molecule has 0 fully saturated rings. The van der Waals surface area contributed by atoms with Crippen LogP contribution in [0.4, 0.5) is 0 Å². The number of carboxylic acid groups (broad SMARTS) is 2. The third-order valence-electron chi connectivity index (χ3n) is 8.23. The van der Waals surface area contributed by atoms with Crippen molar-refractivity contribution in [1.82, 2.24) is 0 Å². The van der Waals surface area contributed by atoms with E-state index in [1.54, 1.807) is 28.1 Å². The van der Waals surface area contributed by atoms with Crippen molar-refractivity contribution in [3.8, 4) is 11.5 Å². The van der Waals surface area contributed by atoms with Gasteiger partial charge in [-0.15, -0.1) is 0 Å². The molecule has 1 aromatic rings. The number of aliphatic carboxylic acids is 2. The summed E-state index contributed by atoms with van der Waals surface area (Å²) in [6, 6.07) is 5.52. The lowest BCUT2D eigenvalue weighted by molar-refractivity contribution is -0.134. The maximum Gasteiger partial charge on any atom is 0.328 e. The SMILES string of the molecule is COCCCOc1cc(C[C@@H](C[C@H](N)[C@@H](O)CC(C(=O)CCC(C)(C)C(N)=O)C(C)C)C(C)C)ccc1OC.O=C(O)/C=C/C(=O)O. The highest BCUT2D eigenvalue weighted by Crippen LogP contribution is 2.32. The number of rotatable bonds is 22. The average molecular weight is 667 g/mol. The minimum atomic E-state index is -1.26. The first-order valence-electron chi connectivity index (χ1n) is 16.0. The molecule has 0 aliphatic heterocycles. The fourth-order valence-electron chi connectivity index (χ4n) is 4.84. The molecule has 0 bridgehead atoms. The summed E-state index contributed by atoms with van der Waals surface area (Å²) in [5, 5.41) is 26.7. The molecule has 1 amide bonds. The van der Waals surface area contributed by atoms with Crippen LogP contribution in [0.5, 0.6) is 11.5 Å². The standard InChI is InChI=1S/C31H54N2O6.C4H4O4/c1-20(2)23(16-22-10-11-28(38-8)29(17-22)39-15-9-14-37-7)18-25(32)27(35)19-24(21(3)4)26(34)12-13-31(5,6)30(33)36;5-3(6)1-2-4(7)8/h10-11,17,20-21,23-25,27,35H,9,12-16,18-19,32H2,1-8H3,(H2,33,36);1-2H,(H,5,6)(H,7,8)/b;2-1+/t23-,24?,25-,27-;/m0./s1. The van der Waals surface area contributed by atoms with Crippen LogP contribution in [0.15, 0.2) is 30.4 Å². The number of primary amides is 1. The van der Waals surface area contributed by atoms with Crippen molar-refractivity contribution in [2.24, 2.45) is 40.6 Å². The predicted molar refractivity (Wildman–Crippen MR) is 180 cm³/mol. The number of hydrogen-bond acceptors (Lipinski definition) is 9. The number of benzene rings is 1. The first-order chi connectivity index (χ1) is 21.9. The minimum absolute atomic E-state index is 0.0437. The second kappa shape index (κ2) is 22.2. The third kappa shape index (κ3) is 17.9. The molecular weight excluding hydrogens is 608 g/mol. The summed E-state index contributed by atoms with van der Waals surface area (Å²) >= 11 is 0. The van der Waals surface area contributed by atoms with Gasteiger partial charge in [0.1, 0.15) is 5.78 Å². The molecule has 0 heterocycles. The molecule has 12 nitrogen and oxygen atoms in total. The van der Waals surface area contributed by atoms with Gasteiger partial charge in [0, 0.05) is 56.1 Å². The van der Waals surface area contributed by atoms with E-state index in [9.17, 15) is 24.3 Å². The number of methoxy groups -OCH3 is 2. The molecule has 47 heavy (non-hydrogen) atoms. The number of carbonyl (C=O) groups excluding carboxylic acids is 2. The largest absolute Gasteiger partial charge is 0.493 e. The molecule has 7 N–H and O–H groups in total. The molecule has 0 aromatic heterocycles. The second-order valence-corrected chi connectivity index (χ2v) is 13.2. The number of carboxylic acids is 2. The summed E-state index contributed by atoms with van der Waals surface area (Å²) in [6.45, 7) is 13.0. The van der Waals surface area contributed by atoms with Crippen molar-refractivity contribution in [3.05, 3.63) is 35.9 Å². The predicted octanol–water partition coefficient (Wildman–Crippen LogP) is 4.24. The topological polar surface area (TPSA) is 209 Å². The Morgan fingerprint density at radius 1 is 0.915 bits per heavy atom. The van der Waals surface area contributed by atoms with Crippen LogP contribution in [0.1, 0.15) is 79.2 Å². The van der Waals surface area contributed by atoms with Gasteiger partial charge in [-0.25, -0.2) is 9.59 Å². The van der Waals surface area contributed by atoms with Gasteiger partial charge in [-0.2, -0.15) is 0 Å². The van der Waals surface area contributed by atoms with Gasteiger partial charge in [-0.05, 0) is 61.1 Å². The maximum absolute atomic E-state index is 13.0. The van der Waals surface area contributed by atoms with E-state index in [1.165, 1.54) is 0 Å². The number of carbonyl (C=O) groups is 4. The first-order valence-corrected chi connectivity index (χ1v) is 16.0. The van der Waals surface area contributed by atoms with Gasteiger partial charge >= 0.3 is 11.9 Å². The maximum atomic E-state index is 13.0. The summed E-state index contributed by atoms with van der Waals surface area (Å²) < 4.78 is 16.5. The van der Waals surface area contributed by atoms with Gasteiger partial charge in [0.15, 0.2) is 11.5 Å². The summed E-state index contributed by atoms with van der Waals surface area (Å²) in [4.78, 5) is 43.8. The number of aliphatic hydroxyl groups is 1. The van der Waals surface area contributed by atoms with E-state index in [-0.39, 0.29) is 30.0 Å². The van der Waals surface area contributed by atoms with Gasteiger partial charge in [0.05, 0.1) is 19.8 Å². The van der Waals surface area contributed by atoms with Crippen molar-refractivity contribution >= 4 is 23.6 Å². The Morgan fingerprint density at radius 2 is 1.51 bits per heavy atom. The Balaban J connectivity index is 0.00000233. The number of hydrogen-bond donors (Lipinski definition) is 5. The Kier molecular flexibility index (Phi) is 20.5. The summed E-state index contributed by atoms with van der Waals surface area (Å²) in [6.07, 6.45) is 3.46. The molecular formula is C35H58N2O10. The second-order valence-electron chi connectivity index (χ2n) is 13.2. The smallest absolute Gasteiger partial charge is 0.328 e. The zero-order chi connectivity index (χ0) is 36.3. The highest BCUT2D eigenvalue weighted by molar-refractivity contribution is 5.89. The lowest BCUT2D eigenvalue weighted by Gasteiger charge is -2.30. The Hall–Kier alpha value is -3.48. The van der Waals surface area contributed by atoms with Crippen molar-refractivity contribution in [2.45, 2.75) is 92.2 Å². The van der Waals surface area contributed by atoms with Gasteiger partial charge in [-0.3, -0.25) is 9.59 Å². The van der Waals surface area contributed by atoms with Crippen molar-refractivity contribution in [2.75, 3.05) is 27.4 Å². The van der Waals surface area contributed by atoms with Crippen LogP contribution in [0.2, 0.25) is 0 Å². The first kappa shape index (κ1) is 43.5. The van der Waals surface area contributed by atoms with Crippen molar-refractivity contribution in [1.29, 1.82) is 0 Å². The van der Waals surface area contributed by atoms with Crippen LogP contribution in [0.25, 0.3) is 0 Å². The van der Waals surface area contributed by atoms with E-state index in [0.717, 1.165) is 18.4 Å². The van der Waals surface area contributed by atoms with E-state index < -0.39 is 35.4 Å². The summed E-state index contributed by atoms with van der Waals surface area (Å²) in [5.74, 6) is -1.19. The molecule has 1 unspecified atom stereocenters.